The number of hydrogen-bond acceptors (Lipinski definition) is 4. The van der Waals surface area contributed by atoms with Gasteiger partial charge in [-0.1, -0.05) is 0 Å². The average Bonchev–Trinajstić information content (AvgIpc) is 3.02. The molecule has 0 saturated heterocycles. The van der Waals surface area contributed by atoms with E-state index in [0.29, 0.717) is 17.9 Å². The van der Waals surface area contributed by atoms with Gasteiger partial charge in [-0.25, -0.2) is 4.79 Å². The van der Waals surface area contributed by atoms with Gasteiger partial charge in [-0.2, -0.15) is 0 Å². The van der Waals surface area contributed by atoms with E-state index in [1.54, 1.807) is 13.0 Å². The fourth-order valence-electron chi connectivity index (χ4n) is 1.58. The summed E-state index contributed by atoms with van der Waals surface area (Å²) in [7, 11) is 0. The number of furan rings is 1. The Kier molecular flexibility index (Phi) is 4.37. The second kappa shape index (κ2) is 6.21. The molecular weight excluding hydrogens is 278 g/mol. The number of hydrogen-bond donors (Lipinski definition) is 2. The lowest BCUT2D eigenvalue weighted by Gasteiger charge is -2.00. The molecule has 0 radical (unpaired) electrons. The van der Waals surface area contributed by atoms with Crippen molar-refractivity contribution < 1.29 is 19.1 Å². The van der Waals surface area contributed by atoms with E-state index in [4.69, 9.17) is 9.52 Å². The zero-order chi connectivity index (χ0) is 14.5. The highest BCUT2D eigenvalue weighted by Gasteiger charge is 2.08. The van der Waals surface area contributed by atoms with E-state index in [-0.39, 0.29) is 5.91 Å². The quantitative estimate of drug-likeness (QED) is 0.830. The van der Waals surface area contributed by atoms with Crippen LogP contribution in [0.5, 0.6) is 0 Å². The van der Waals surface area contributed by atoms with Crippen LogP contribution in [0, 0.1) is 6.92 Å². The molecule has 2 aromatic heterocycles. The van der Waals surface area contributed by atoms with Gasteiger partial charge >= 0.3 is 5.97 Å². The summed E-state index contributed by atoms with van der Waals surface area (Å²) in [5, 5.41) is 13.2. The third kappa shape index (κ3) is 3.83. The lowest BCUT2D eigenvalue weighted by atomic mass is 10.2. The Hall–Kier alpha value is -2.34. The highest BCUT2D eigenvalue weighted by molar-refractivity contribution is 7.10. The zero-order valence-corrected chi connectivity index (χ0v) is 11.6. The number of amides is 1. The van der Waals surface area contributed by atoms with E-state index in [1.807, 2.05) is 11.4 Å². The Labute approximate surface area is 119 Å². The molecule has 0 spiro atoms. The Morgan fingerprint density at radius 1 is 1.45 bits per heavy atom. The van der Waals surface area contributed by atoms with Crippen LogP contribution in [0.2, 0.25) is 0 Å². The molecule has 0 aromatic carbocycles. The number of aliphatic carboxylic acids is 1. The number of aryl methyl sites for hydroxylation is 1. The van der Waals surface area contributed by atoms with Crippen molar-refractivity contribution in [3.63, 3.8) is 0 Å². The van der Waals surface area contributed by atoms with Crippen LogP contribution in [-0.4, -0.2) is 17.0 Å². The van der Waals surface area contributed by atoms with E-state index in [9.17, 15) is 9.59 Å². The first-order valence-electron chi connectivity index (χ1n) is 5.86. The van der Waals surface area contributed by atoms with Gasteiger partial charge in [-0.05, 0) is 36.1 Å². The van der Waals surface area contributed by atoms with Gasteiger partial charge in [0.05, 0.1) is 12.1 Å². The Balaban J connectivity index is 1.91. The zero-order valence-electron chi connectivity index (χ0n) is 10.8. The molecule has 2 aromatic rings. The van der Waals surface area contributed by atoms with Gasteiger partial charge in [0.15, 0.2) is 0 Å². The molecule has 104 valence electrons. The van der Waals surface area contributed by atoms with Gasteiger partial charge in [0.25, 0.3) is 5.91 Å². The maximum Gasteiger partial charge on any atom is 0.328 e. The molecule has 0 bridgehead atoms. The maximum atomic E-state index is 11.8. The van der Waals surface area contributed by atoms with Crippen molar-refractivity contribution in [1.29, 1.82) is 0 Å². The van der Waals surface area contributed by atoms with Gasteiger partial charge in [-0.15, -0.1) is 11.3 Å². The van der Waals surface area contributed by atoms with Crippen LogP contribution in [0.25, 0.3) is 6.08 Å². The summed E-state index contributed by atoms with van der Waals surface area (Å²) in [6, 6.07) is 3.51. The average molecular weight is 291 g/mol. The molecule has 0 aliphatic carbocycles. The number of thiophene rings is 1. The van der Waals surface area contributed by atoms with Crippen LogP contribution < -0.4 is 5.32 Å². The summed E-state index contributed by atoms with van der Waals surface area (Å²) in [5.41, 5.74) is 1.30. The third-order valence-electron chi connectivity index (χ3n) is 2.51. The summed E-state index contributed by atoms with van der Waals surface area (Å²) >= 11 is 1.46. The van der Waals surface area contributed by atoms with Gasteiger partial charge in [0, 0.05) is 11.0 Å². The lowest BCUT2D eigenvalue weighted by Crippen LogP contribution is -2.21. The molecule has 1 amide bonds. The van der Waals surface area contributed by atoms with E-state index in [2.05, 4.69) is 5.32 Å². The number of carboxylic acid groups (broad SMARTS) is 1. The molecule has 2 N–H and O–H groups in total. The van der Waals surface area contributed by atoms with E-state index in [0.717, 1.165) is 16.5 Å². The molecule has 6 heteroatoms. The summed E-state index contributed by atoms with van der Waals surface area (Å²) < 4.78 is 5.07. The van der Waals surface area contributed by atoms with Gasteiger partial charge < -0.3 is 14.8 Å². The predicted molar refractivity (Wildman–Crippen MR) is 75.6 cm³/mol. The smallest absolute Gasteiger partial charge is 0.328 e. The second-order valence-corrected chi connectivity index (χ2v) is 5.14. The summed E-state index contributed by atoms with van der Waals surface area (Å²) in [5.74, 6) is -0.494. The molecule has 0 atom stereocenters. The van der Waals surface area contributed by atoms with E-state index < -0.39 is 5.97 Å². The standard InChI is InChI=1S/C14H13NO4S/c1-9-4-11(7-19-9)14(18)15-6-12-5-10(8-20-12)2-3-13(16)17/h2-5,7-8H,6H2,1H3,(H,15,18)(H,16,17)/b3-2+. The van der Waals surface area contributed by atoms with Crippen molar-refractivity contribution in [2.45, 2.75) is 13.5 Å². The number of carbonyl (C=O) groups excluding carboxylic acids is 1. The fourth-order valence-corrected chi connectivity index (χ4v) is 2.37. The van der Waals surface area contributed by atoms with Crippen LogP contribution in [0.1, 0.15) is 26.6 Å². The maximum absolute atomic E-state index is 11.8. The van der Waals surface area contributed by atoms with Crippen LogP contribution in [-0.2, 0) is 11.3 Å². The number of carbonyl (C=O) groups is 2. The van der Waals surface area contributed by atoms with Crippen molar-refractivity contribution >= 4 is 29.3 Å². The molecule has 0 aliphatic heterocycles. The normalized spacial score (nSPS) is 10.8. The highest BCUT2D eigenvalue weighted by atomic mass is 32.1. The molecule has 0 fully saturated rings. The Morgan fingerprint density at radius 3 is 2.90 bits per heavy atom. The Morgan fingerprint density at radius 2 is 2.25 bits per heavy atom. The van der Waals surface area contributed by atoms with Gasteiger partial charge in [0.1, 0.15) is 12.0 Å². The largest absolute Gasteiger partial charge is 0.478 e. The summed E-state index contributed by atoms with van der Waals surface area (Å²) in [6.07, 6.45) is 4.02. The van der Waals surface area contributed by atoms with E-state index >= 15 is 0 Å². The third-order valence-corrected chi connectivity index (χ3v) is 3.46. The first-order chi connectivity index (χ1) is 9.54. The van der Waals surface area contributed by atoms with Crippen molar-refractivity contribution in [3.8, 4) is 0 Å². The van der Waals surface area contributed by atoms with Gasteiger partial charge in [0.2, 0.25) is 0 Å². The summed E-state index contributed by atoms with van der Waals surface area (Å²) in [6.45, 7) is 2.17. The first kappa shape index (κ1) is 14.1. The number of carboxylic acids is 1. The van der Waals surface area contributed by atoms with Crippen molar-refractivity contribution in [1.82, 2.24) is 5.32 Å². The van der Waals surface area contributed by atoms with Crippen molar-refractivity contribution in [2.24, 2.45) is 0 Å². The minimum absolute atomic E-state index is 0.196. The molecule has 0 unspecified atom stereocenters. The van der Waals surface area contributed by atoms with Crippen LogP contribution in [0.15, 0.2) is 34.3 Å². The molecule has 0 saturated carbocycles. The molecule has 5 nitrogen and oxygen atoms in total. The monoisotopic (exact) mass is 291 g/mol. The first-order valence-corrected chi connectivity index (χ1v) is 6.74. The van der Waals surface area contributed by atoms with Crippen molar-refractivity contribution in [2.75, 3.05) is 0 Å². The fraction of sp³-hybridized carbons (Fsp3) is 0.143. The van der Waals surface area contributed by atoms with Crippen LogP contribution in [0.4, 0.5) is 0 Å². The molecule has 20 heavy (non-hydrogen) atoms. The summed E-state index contributed by atoms with van der Waals surface area (Å²) in [4.78, 5) is 23.1. The topological polar surface area (TPSA) is 79.5 Å². The Bertz CT molecular complexity index is 654. The lowest BCUT2D eigenvalue weighted by molar-refractivity contribution is -0.131. The van der Waals surface area contributed by atoms with Crippen molar-refractivity contribution in [3.05, 3.63) is 51.6 Å². The minimum atomic E-state index is -0.985. The number of rotatable bonds is 5. The van der Waals surface area contributed by atoms with Crippen LogP contribution in [0.3, 0.4) is 0 Å². The highest BCUT2D eigenvalue weighted by Crippen LogP contribution is 2.16. The SMILES string of the molecule is Cc1cc(C(=O)NCc2cc(/C=C/C(=O)O)cs2)co1. The molecule has 0 aliphatic rings. The predicted octanol–water partition coefficient (Wildman–Crippen LogP) is 2.68. The molecule has 2 heterocycles. The van der Waals surface area contributed by atoms with Crippen LogP contribution >= 0.6 is 11.3 Å². The minimum Gasteiger partial charge on any atom is -0.478 e. The molecule has 2 rings (SSSR count). The molecular formula is C14H13NO4S. The van der Waals surface area contributed by atoms with E-state index in [1.165, 1.54) is 23.7 Å². The second-order valence-electron chi connectivity index (χ2n) is 4.15. The number of nitrogens with one attached hydrogen (secondary N) is 1. The van der Waals surface area contributed by atoms with Gasteiger partial charge in [-0.3, -0.25) is 4.79 Å².